The van der Waals surface area contributed by atoms with Crippen molar-refractivity contribution in [3.63, 3.8) is 0 Å². The summed E-state index contributed by atoms with van der Waals surface area (Å²) >= 11 is 0. The molecule has 0 aliphatic heterocycles. The zero-order valence-corrected chi connectivity index (χ0v) is 9.63. The lowest BCUT2D eigenvalue weighted by Gasteiger charge is -2.03. The summed E-state index contributed by atoms with van der Waals surface area (Å²) in [6, 6.07) is 0. The predicted octanol–water partition coefficient (Wildman–Crippen LogP) is 0.911. The number of hydrogen-bond acceptors (Lipinski definition) is 4. The van der Waals surface area contributed by atoms with Crippen LogP contribution in [-0.2, 0) is 4.74 Å². The Hall–Kier alpha value is -1.16. The Kier molecular flexibility index (Phi) is 13.0. The molecule has 0 spiro atoms. The lowest BCUT2D eigenvalue weighted by Crippen LogP contribution is -2.16. The van der Waals surface area contributed by atoms with Gasteiger partial charge in [0.2, 0.25) is 0 Å². The van der Waals surface area contributed by atoms with Crippen LogP contribution in [0.5, 0.6) is 0 Å². The molecule has 0 aromatic rings. The van der Waals surface area contributed by atoms with Crippen LogP contribution < -0.4 is 16.8 Å². The van der Waals surface area contributed by atoms with Crippen molar-refractivity contribution in [3.8, 4) is 0 Å². The zero-order valence-electron chi connectivity index (χ0n) is 9.63. The average molecular weight is 201 g/mol. The van der Waals surface area contributed by atoms with Crippen LogP contribution in [0.2, 0.25) is 0 Å². The van der Waals surface area contributed by atoms with E-state index in [1.165, 1.54) is 0 Å². The second-order valence-corrected chi connectivity index (χ2v) is 2.43. The molecule has 5 N–H and O–H groups in total. The fourth-order valence-corrected chi connectivity index (χ4v) is 0.533. The van der Waals surface area contributed by atoms with Gasteiger partial charge >= 0.3 is 0 Å². The van der Waals surface area contributed by atoms with E-state index >= 15 is 0 Å². The highest BCUT2D eigenvalue weighted by molar-refractivity contribution is 5.09. The van der Waals surface area contributed by atoms with Gasteiger partial charge in [-0.15, -0.1) is 0 Å². The molecule has 0 amide bonds. The molecule has 0 heterocycles. The Morgan fingerprint density at radius 2 is 1.86 bits per heavy atom. The van der Waals surface area contributed by atoms with E-state index in [2.05, 4.69) is 5.32 Å². The summed E-state index contributed by atoms with van der Waals surface area (Å²) in [5.41, 5.74) is 11.6. The van der Waals surface area contributed by atoms with Gasteiger partial charge in [0.1, 0.15) is 6.61 Å². The van der Waals surface area contributed by atoms with Gasteiger partial charge in [0.25, 0.3) is 0 Å². The zero-order chi connectivity index (χ0) is 11.4. The van der Waals surface area contributed by atoms with Crippen molar-refractivity contribution in [2.24, 2.45) is 11.5 Å². The number of allylic oxidation sites excluding steroid dienone is 3. The van der Waals surface area contributed by atoms with E-state index < -0.39 is 0 Å². The summed E-state index contributed by atoms with van der Waals surface area (Å²) in [5.74, 6) is 0.384. The molecule has 84 valence electrons. The lowest BCUT2D eigenvalue weighted by atomic mass is 10.4. The van der Waals surface area contributed by atoms with Gasteiger partial charge in [-0.3, -0.25) is 0 Å². The van der Waals surface area contributed by atoms with E-state index in [-0.39, 0.29) is 0 Å². The van der Waals surface area contributed by atoms with Gasteiger partial charge in [-0.25, -0.2) is 0 Å². The molecular formula is C10H23N3O. The van der Waals surface area contributed by atoms with Crippen LogP contribution >= 0.6 is 0 Å². The number of rotatable bonds is 5. The van der Waals surface area contributed by atoms with E-state index in [1.54, 1.807) is 19.1 Å². The molecule has 0 bridgehead atoms. The third kappa shape index (κ3) is 13.4. The van der Waals surface area contributed by atoms with Gasteiger partial charge in [0, 0.05) is 12.2 Å². The summed E-state index contributed by atoms with van der Waals surface area (Å²) in [7, 11) is 1.85. The number of nitrogens with two attached hydrogens (primary N) is 2. The Morgan fingerprint density at radius 1 is 1.29 bits per heavy atom. The molecule has 0 rings (SSSR count). The summed E-state index contributed by atoms with van der Waals surface area (Å²) in [4.78, 5) is 0. The van der Waals surface area contributed by atoms with Crippen LogP contribution in [0.3, 0.4) is 0 Å². The first-order chi connectivity index (χ1) is 6.66. The van der Waals surface area contributed by atoms with Crippen molar-refractivity contribution in [2.75, 3.05) is 20.2 Å². The van der Waals surface area contributed by atoms with Crippen molar-refractivity contribution >= 4 is 0 Å². The second kappa shape index (κ2) is 11.8. The molecule has 0 unspecified atom stereocenters. The van der Waals surface area contributed by atoms with Crippen molar-refractivity contribution in [1.29, 1.82) is 0 Å². The van der Waals surface area contributed by atoms with Crippen LogP contribution in [0.25, 0.3) is 0 Å². The smallest absolute Gasteiger partial charge is 0.184 e. The average Bonchev–Trinajstić information content (AvgIpc) is 2.18. The molecule has 0 fully saturated rings. The van der Waals surface area contributed by atoms with E-state index in [9.17, 15) is 0 Å². The van der Waals surface area contributed by atoms with E-state index in [1.807, 2.05) is 20.9 Å². The molecule has 14 heavy (non-hydrogen) atoms. The molecule has 0 aliphatic carbocycles. The van der Waals surface area contributed by atoms with Crippen molar-refractivity contribution in [1.82, 2.24) is 5.32 Å². The minimum absolute atomic E-state index is 0.384. The van der Waals surface area contributed by atoms with E-state index in [0.717, 1.165) is 6.54 Å². The largest absolute Gasteiger partial charge is 0.478 e. The maximum absolute atomic E-state index is 5.47. The van der Waals surface area contributed by atoms with Gasteiger partial charge in [-0.1, -0.05) is 13.8 Å². The van der Waals surface area contributed by atoms with Crippen LogP contribution in [0.1, 0.15) is 20.8 Å². The Morgan fingerprint density at radius 3 is 2.29 bits per heavy atom. The standard InChI is InChI=1S/C8H17N3O.C2H6/c1-7(9)3-4-8(10)12-6-5-11-2;1-2/h3-4,11H,5-6,9-10H2,1-2H3;1-2H3/b7-3-,8-4+;. The van der Waals surface area contributed by atoms with Gasteiger partial charge in [0.05, 0.1) is 0 Å². The highest BCUT2D eigenvalue weighted by Crippen LogP contribution is 1.89. The van der Waals surface area contributed by atoms with Gasteiger partial charge < -0.3 is 21.5 Å². The highest BCUT2D eigenvalue weighted by atomic mass is 16.5. The molecule has 0 saturated heterocycles. The summed E-state index contributed by atoms with van der Waals surface area (Å²) < 4.78 is 5.11. The SMILES string of the molecule is CC.CNCCO/C(N)=C/C=C(/C)N. The first-order valence-corrected chi connectivity index (χ1v) is 4.83. The van der Waals surface area contributed by atoms with E-state index in [4.69, 9.17) is 16.2 Å². The topological polar surface area (TPSA) is 73.3 Å². The highest BCUT2D eigenvalue weighted by Gasteiger charge is 1.87. The van der Waals surface area contributed by atoms with Crippen molar-refractivity contribution in [3.05, 3.63) is 23.7 Å². The predicted molar refractivity (Wildman–Crippen MR) is 61.4 cm³/mol. The second-order valence-electron chi connectivity index (χ2n) is 2.43. The molecule has 0 aromatic heterocycles. The Labute approximate surface area is 87.0 Å². The lowest BCUT2D eigenvalue weighted by molar-refractivity contribution is 0.212. The number of ether oxygens (including phenoxy) is 1. The maximum atomic E-state index is 5.47. The normalized spacial score (nSPS) is 11.7. The molecule has 0 radical (unpaired) electrons. The van der Waals surface area contributed by atoms with Gasteiger partial charge in [-0.2, -0.15) is 0 Å². The molecular weight excluding hydrogens is 178 g/mol. The number of hydrogen-bond donors (Lipinski definition) is 3. The third-order valence-electron chi connectivity index (χ3n) is 1.13. The summed E-state index contributed by atoms with van der Waals surface area (Å²) in [6.07, 6.45) is 3.35. The number of nitrogens with one attached hydrogen (secondary N) is 1. The first-order valence-electron chi connectivity index (χ1n) is 4.83. The Bertz CT molecular complexity index is 172. The molecule has 4 nitrogen and oxygen atoms in total. The molecule has 0 atom stereocenters. The van der Waals surface area contributed by atoms with Crippen LogP contribution in [-0.4, -0.2) is 20.2 Å². The fraction of sp³-hybridized carbons (Fsp3) is 0.600. The molecule has 0 saturated carbocycles. The summed E-state index contributed by atoms with van der Waals surface area (Å²) in [5, 5.41) is 2.94. The summed E-state index contributed by atoms with van der Waals surface area (Å²) in [6.45, 7) is 7.13. The minimum atomic E-state index is 0.384. The van der Waals surface area contributed by atoms with Crippen LogP contribution in [0.4, 0.5) is 0 Å². The quantitative estimate of drug-likeness (QED) is 0.351. The van der Waals surface area contributed by atoms with E-state index in [0.29, 0.717) is 18.2 Å². The van der Waals surface area contributed by atoms with Crippen molar-refractivity contribution < 1.29 is 4.74 Å². The number of likely N-dealkylation sites (N-methyl/N-ethyl adjacent to an activating group) is 1. The maximum Gasteiger partial charge on any atom is 0.184 e. The minimum Gasteiger partial charge on any atom is -0.478 e. The molecule has 4 heteroatoms. The molecule has 0 aromatic carbocycles. The molecule has 0 aliphatic rings. The fourth-order valence-electron chi connectivity index (χ4n) is 0.533. The van der Waals surface area contributed by atoms with Gasteiger partial charge in [-0.05, 0) is 26.1 Å². The van der Waals surface area contributed by atoms with Gasteiger partial charge in [0.15, 0.2) is 5.88 Å². The van der Waals surface area contributed by atoms with Crippen LogP contribution in [0.15, 0.2) is 23.7 Å². The first kappa shape index (κ1) is 15.3. The van der Waals surface area contributed by atoms with Crippen LogP contribution in [0, 0.1) is 0 Å². The van der Waals surface area contributed by atoms with Crippen molar-refractivity contribution in [2.45, 2.75) is 20.8 Å². The monoisotopic (exact) mass is 201 g/mol. The third-order valence-corrected chi connectivity index (χ3v) is 1.13. The Balaban J connectivity index is 0.